The van der Waals surface area contributed by atoms with Crippen molar-refractivity contribution in [2.45, 2.75) is 16.6 Å². The molecule has 1 N–H and O–H groups in total. The van der Waals surface area contributed by atoms with Gasteiger partial charge in [-0.1, -0.05) is 18.2 Å². The fourth-order valence-electron chi connectivity index (χ4n) is 3.23. The Kier molecular flexibility index (Phi) is 5.74. The Morgan fingerprint density at radius 2 is 1.76 bits per heavy atom. The highest BCUT2D eigenvalue weighted by atomic mass is 32.2. The Hall–Kier alpha value is -2.37. The van der Waals surface area contributed by atoms with E-state index < -0.39 is 58.9 Å². The molecule has 2 aromatic carbocycles. The predicted octanol–water partition coefficient (Wildman–Crippen LogP) is 2.21. The van der Waals surface area contributed by atoms with Crippen molar-refractivity contribution in [1.29, 1.82) is 0 Å². The summed E-state index contributed by atoms with van der Waals surface area (Å²) < 4.78 is 79.6. The number of carboxylic acid groups (broad SMARTS) is 1. The molecule has 29 heavy (non-hydrogen) atoms. The fourth-order valence-corrected chi connectivity index (χ4v) is 6.63. The van der Waals surface area contributed by atoms with Gasteiger partial charge in [0.2, 0.25) is 10.0 Å². The van der Waals surface area contributed by atoms with E-state index in [0.717, 1.165) is 22.5 Å². The lowest BCUT2D eigenvalue weighted by molar-refractivity contribution is 0.0691. The Bertz CT molecular complexity index is 1160. The van der Waals surface area contributed by atoms with Crippen LogP contribution in [0.15, 0.2) is 47.4 Å². The second-order valence-electron chi connectivity index (χ2n) is 6.52. The maximum Gasteiger partial charge on any atom is 0.338 e. The number of aromatic carboxylic acids is 1. The summed E-state index contributed by atoms with van der Waals surface area (Å²) in [4.78, 5) is 10.6. The summed E-state index contributed by atoms with van der Waals surface area (Å²) in [6, 6.07) is 7.75. The average Bonchev–Trinajstić information content (AvgIpc) is 2.80. The third-order valence-corrected chi connectivity index (χ3v) is 8.76. The zero-order valence-corrected chi connectivity index (χ0v) is 16.6. The molecule has 0 aliphatic carbocycles. The SMILES string of the molecule is O=C(O)c1cc(S(=O)(=O)N2CCC(c3ccccc3F)S(=O)(=O)CC2)ccc1F. The van der Waals surface area contributed by atoms with Crippen LogP contribution >= 0.6 is 0 Å². The molecule has 1 aliphatic rings. The molecule has 1 saturated heterocycles. The van der Waals surface area contributed by atoms with E-state index in [1.54, 1.807) is 0 Å². The van der Waals surface area contributed by atoms with Crippen LogP contribution in [0.1, 0.15) is 27.6 Å². The second kappa shape index (κ2) is 7.81. The minimum Gasteiger partial charge on any atom is -0.478 e. The number of rotatable bonds is 4. The van der Waals surface area contributed by atoms with Crippen LogP contribution in [0.3, 0.4) is 0 Å². The van der Waals surface area contributed by atoms with Crippen LogP contribution in [0.5, 0.6) is 0 Å². The first-order valence-corrected chi connectivity index (χ1v) is 11.7. The summed E-state index contributed by atoms with van der Waals surface area (Å²) in [6.07, 6.45) is -0.171. The lowest BCUT2D eigenvalue weighted by atomic mass is 10.1. The molecule has 2 aromatic rings. The van der Waals surface area contributed by atoms with Gasteiger partial charge in [0.05, 0.1) is 21.5 Å². The lowest BCUT2D eigenvalue weighted by Crippen LogP contribution is -2.33. The molecule has 0 amide bonds. The van der Waals surface area contributed by atoms with Crippen molar-refractivity contribution in [3.05, 3.63) is 65.2 Å². The van der Waals surface area contributed by atoms with Crippen LogP contribution in [0, 0.1) is 11.6 Å². The van der Waals surface area contributed by atoms with Gasteiger partial charge < -0.3 is 5.11 Å². The van der Waals surface area contributed by atoms with Crippen molar-refractivity contribution in [3.8, 4) is 0 Å². The van der Waals surface area contributed by atoms with Crippen LogP contribution in [0.25, 0.3) is 0 Å². The van der Waals surface area contributed by atoms with Crippen LogP contribution < -0.4 is 0 Å². The van der Waals surface area contributed by atoms with Crippen LogP contribution in [0.4, 0.5) is 8.78 Å². The Balaban J connectivity index is 1.95. The smallest absolute Gasteiger partial charge is 0.338 e. The molecule has 1 heterocycles. The Morgan fingerprint density at radius 1 is 1.07 bits per heavy atom. The summed E-state index contributed by atoms with van der Waals surface area (Å²) in [5, 5.41) is 7.80. The minimum atomic E-state index is -4.28. The van der Waals surface area contributed by atoms with E-state index >= 15 is 0 Å². The number of halogens is 2. The van der Waals surface area contributed by atoms with Crippen LogP contribution in [-0.4, -0.2) is 51.1 Å². The third-order valence-electron chi connectivity index (χ3n) is 4.76. The molecule has 1 aliphatic heterocycles. The molecule has 7 nitrogen and oxygen atoms in total. The Labute approximate surface area is 166 Å². The zero-order chi connectivity index (χ0) is 21.4. The van der Waals surface area contributed by atoms with E-state index in [1.807, 2.05) is 0 Å². The van der Waals surface area contributed by atoms with Crippen molar-refractivity contribution >= 4 is 25.8 Å². The summed E-state index contributed by atoms with van der Waals surface area (Å²) in [7, 11) is -8.12. The lowest BCUT2D eigenvalue weighted by Gasteiger charge is -2.20. The fraction of sp³-hybridized carbons (Fsp3) is 0.278. The van der Waals surface area contributed by atoms with E-state index in [-0.39, 0.29) is 25.1 Å². The minimum absolute atomic E-state index is 0.0262. The number of hydrogen-bond acceptors (Lipinski definition) is 5. The van der Waals surface area contributed by atoms with Gasteiger partial charge in [0.1, 0.15) is 11.6 Å². The van der Waals surface area contributed by atoms with Gasteiger partial charge in [0, 0.05) is 18.7 Å². The molecule has 0 radical (unpaired) electrons. The molecule has 0 saturated carbocycles. The maximum atomic E-state index is 14.1. The molecule has 1 fully saturated rings. The topological polar surface area (TPSA) is 109 Å². The first kappa shape index (κ1) is 21.3. The molecule has 1 unspecified atom stereocenters. The molecule has 156 valence electrons. The number of nitrogens with zero attached hydrogens (tertiary/aromatic N) is 1. The predicted molar refractivity (Wildman–Crippen MR) is 99.7 cm³/mol. The highest BCUT2D eigenvalue weighted by Crippen LogP contribution is 2.32. The monoisotopic (exact) mass is 445 g/mol. The van der Waals surface area contributed by atoms with Crippen molar-refractivity contribution in [2.24, 2.45) is 0 Å². The third kappa shape index (κ3) is 4.16. The quantitative estimate of drug-likeness (QED) is 0.773. The van der Waals surface area contributed by atoms with Gasteiger partial charge in [0.15, 0.2) is 9.84 Å². The van der Waals surface area contributed by atoms with Crippen molar-refractivity contribution in [3.63, 3.8) is 0 Å². The van der Waals surface area contributed by atoms with Gasteiger partial charge in [-0.3, -0.25) is 0 Å². The van der Waals surface area contributed by atoms with Crippen molar-refractivity contribution in [2.75, 3.05) is 18.8 Å². The highest BCUT2D eigenvalue weighted by Gasteiger charge is 2.37. The summed E-state index contributed by atoms with van der Waals surface area (Å²) in [5.74, 6) is -3.94. The first-order valence-electron chi connectivity index (χ1n) is 8.53. The normalized spacial score (nSPS) is 20.1. The van der Waals surface area contributed by atoms with E-state index in [4.69, 9.17) is 5.11 Å². The number of sulfonamides is 1. The van der Waals surface area contributed by atoms with Crippen molar-refractivity contribution in [1.82, 2.24) is 4.31 Å². The molecular formula is C18H17F2NO6S2. The second-order valence-corrected chi connectivity index (χ2v) is 10.8. The summed E-state index contributed by atoms with van der Waals surface area (Å²) in [5.41, 5.74) is -0.834. The first-order chi connectivity index (χ1) is 13.5. The number of carbonyl (C=O) groups is 1. The van der Waals surface area contributed by atoms with Gasteiger partial charge in [0.25, 0.3) is 0 Å². The van der Waals surface area contributed by atoms with E-state index in [0.29, 0.717) is 6.07 Å². The van der Waals surface area contributed by atoms with E-state index in [2.05, 4.69) is 0 Å². The van der Waals surface area contributed by atoms with Crippen LogP contribution in [0.2, 0.25) is 0 Å². The zero-order valence-electron chi connectivity index (χ0n) is 15.0. The number of carboxylic acids is 1. The molecule has 11 heteroatoms. The van der Waals surface area contributed by atoms with Gasteiger partial charge in [-0.25, -0.2) is 30.4 Å². The molecule has 3 rings (SSSR count). The van der Waals surface area contributed by atoms with E-state index in [1.165, 1.54) is 18.2 Å². The maximum absolute atomic E-state index is 14.1. The highest BCUT2D eigenvalue weighted by molar-refractivity contribution is 7.92. The molecule has 0 spiro atoms. The standard InChI is InChI=1S/C18H17F2NO6S2/c19-15-4-2-1-3-13(15)17-7-8-21(9-10-28(17,24)25)29(26,27)12-5-6-16(20)14(11-12)18(22)23/h1-6,11,17H,7-10H2,(H,22,23). The number of benzene rings is 2. The summed E-state index contributed by atoms with van der Waals surface area (Å²) >= 11 is 0. The van der Waals surface area contributed by atoms with Gasteiger partial charge in [-0.2, -0.15) is 4.31 Å². The van der Waals surface area contributed by atoms with E-state index in [9.17, 15) is 30.4 Å². The number of sulfone groups is 1. The van der Waals surface area contributed by atoms with Crippen LogP contribution in [-0.2, 0) is 19.9 Å². The molecule has 0 aromatic heterocycles. The molecular weight excluding hydrogens is 428 g/mol. The molecule has 1 atom stereocenters. The number of hydrogen-bond donors (Lipinski definition) is 1. The van der Waals surface area contributed by atoms with Gasteiger partial charge >= 0.3 is 5.97 Å². The van der Waals surface area contributed by atoms with Crippen molar-refractivity contribution < 1.29 is 35.5 Å². The van der Waals surface area contributed by atoms with Gasteiger partial charge in [-0.05, 0) is 30.7 Å². The Morgan fingerprint density at radius 3 is 2.41 bits per heavy atom. The molecule has 0 bridgehead atoms. The summed E-state index contributed by atoms with van der Waals surface area (Å²) in [6.45, 7) is -0.601. The average molecular weight is 445 g/mol. The van der Waals surface area contributed by atoms with Gasteiger partial charge in [-0.15, -0.1) is 0 Å². The largest absolute Gasteiger partial charge is 0.478 e.